The molecule has 0 aliphatic carbocycles. The van der Waals surface area contributed by atoms with Gasteiger partial charge in [0.15, 0.2) is 11.5 Å². The van der Waals surface area contributed by atoms with Crippen molar-refractivity contribution in [1.82, 2.24) is 9.88 Å². The van der Waals surface area contributed by atoms with Crippen LogP contribution in [0.1, 0.15) is 74.7 Å². The van der Waals surface area contributed by atoms with Gasteiger partial charge >= 0.3 is 5.97 Å². The summed E-state index contributed by atoms with van der Waals surface area (Å²) < 4.78 is 28.6. The van der Waals surface area contributed by atoms with Crippen molar-refractivity contribution < 1.29 is 28.2 Å². The lowest BCUT2D eigenvalue weighted by Gasteiger charge is -2.29. The van der Waals surface area contributed by atoms with Gasteiger partial charge in [0.1, 0.15) is 5.69 Å². The predicted octanol–water partition coefficient (Wildman–Crippen LogP) is 6.79. The summed E-state index contributed by atoms with van der Waals surface area (Å²) in [5, 5.41) is 0. The van der Waals surface area contributed by atoms with Gasteiger partial charge in [-0.05, 0) is 43.0 Å². The third-order valence-electron chi connectivity index (χ3n) is 8.28. The maximum Gasteiger partial charge on any atom is 0.330 e. The van der Waals surface area contributed by atoms with E-state index in [9.17, 15) is 4.79 Å². The van der Waals surface area contributed by atoms with Gasteiger partial charge in [0.2, 0.25) is 11.8 Å². The summed E-state index contributed by atoms with van der Waals surface area (Å²) in [6.07, 6.45) is 10.3. The number of benzene rings is 2. The van der Waals surface area contributed by atoms with Crippen LogP contribution in [0.2, 0.25) is 0 Å². The van der Waals surface area contributed by atoms with Crippen LogP contribution in [0.25, 0.3) is 0 Å². The molecule has 0 N–H and O–H groups in total. The van der Waals surface area contributed by atoms with Crippen LogP contribution in [0.4, 0.5) is 5.88 Å². The van der Waals surface area contributed by atoms with Crippen molar-refractivity contribution in [2.24, 2.45) is 0 Å². The van der Waals surface area contributed by atoms with Crippen LogP contribution in [-0.4, -0.2) is 76.1 Å². The Kier molecular flexibility index (Phi) is 14.5. The molecular formula is C37H51N3O6. The molecule has 9 nitrogen and oxygen atoms in total. The number of aromatic nitrogens is 1. The Morgan fingerprint density at radius 2 is 1.78 bits per heavy atom. The van der Waals surface area contributed by atoms with E-state index in [1.54, 1.807) is 14.2 Å². The third-order valence-corrected chi connectivity index (χ3v) is 8.28. The highest BCUT2D eigenvalue weighted by atomic mass is 16.5. The summed E-state index contributed by atoms with van der Waals surface area (Å²) in [5.41, 5.74) is 3.27. The average Bonchev–Trinajstić information content (AvgIpc) is 3.50. The fraction of sp³-hybridized carbons (Fsp3) is 0.514. The van der Waals surface area contributed by atoms with Gasteiger partial charge < -0.3 is 28.3 Å². The number of esters is 1. The summed E-state index contributed by atoms with van der Waals surface area (Å²) in [5.74, 6) is 2.63. The molecule has 1 aromatic heterocycles. The van der Waals surface area contributed by atoms with Crippen LogP contribution in [0.5, 0.6) is 11.5 Å². The topological polar surface area (TPSA) is 86.5 Å². The van der Waals surface area contributed by atoms with Crippen molar-refractivity contribution in [3.63, 3.8) is 0 Å². The van der Waals surface area contributed by atoms with Gasteiger partial charge in [-0.25, -0.2) is 9.78 Å². The van der Waals surface area contributed by atoms with Crippen LogP contribution in [0.3, 0.4) is 0 Å². The number of oxazole rings is 1. The Balaban J connectivity index is 1.68. The molecule has 0 bridgehead atoms. The first-order chi connectivity index (χ1) is 22.6. The number of rotatable bonds is 19. The highest BCUT2D eigenvalue weighted by Gasteiger charge is 2.29. The van der Waals surface area contributed by atoms with Crippen molar-refractivity contribution in [2.75, 3.05) is 65.1 Å². The second-order valence-corrected chi connectivity index (χ2v) is 11.5. The lowest BCUT2D eigenvalue weighted by Crippen LogP contribution is -2.36. The molecule has 1 aliphatic heterocycles. The first-order valence-electron chi connectivity index (χ1n) is 16.7. The van der Waals surface area contributed by atoms with E-state index < -0.39 is 0 Å². The number of hydrogen-bond donors (Lipinski definition) is 0. The minimum absolute atomic E-state index is 0.0758. The summed E-state index contributed by atoms with van der Waals surface area (Å²) in [7, 11) is 3.30. The SMILES string of the molecule is CCCCCCC(c1nc(Cc2ccccc2)c(N2CCOCC2)o1)N(C/C=C/C(=O)OCC)CCc1ccc(OC)c(OC)c1. The molecule has 4 rings (SSSR count). The first kappa shape index (κ1) is 35.0. The highest BCUT2D eigenvalue weighted by molar-refractivity contribution is 5.81. The molecule has 250 valence electrons. The van der Waals surface area contributed by atoms with E-state index in [-0.39, 0.29) is 12.0 Å². The molecule has 2 heterocycles. The number of morpholine rings is 1. The number of hydrogen-bond acceptors (Lipinski definition) is 9. The van der Waals surface area contributed by atoms with Gasteiger partial charge in [0, 0.05) is 38.7 Å². The monoisotopic (exact) mass is 633 g/mol. The van der Waals surface area contributed by atoms with Gasteiger partial charge in [-0.1, -0.05) is 75.1 Å². The Bertz CT molecular complexity index is 1350. The lowest BCUT2D eigenvalue weighted by molar-refractivity contribution is -0.137. The van der Waals surface area contributed by atoms with E-state index in [2.05, 4.69) is 47.1 Å². The van der Waals surface area contributed by atoms with E-state index in [0.717, 1.165) is 74.8 Å². The molecule has 1 unspecified atom stereocenters. The van der Waals surface area contributed by atoms with E-state index in [1.807, 2.05) is 31.2 Å². The number of unbranched alkanes of at least 4 members (excludes halogenated alkanes) is 3. The Morgan fingerprint density at radius 3 is 2.50 bits per heavy atom. The van der Waals surface area contributed by atoms with Gasteiger partial charge in [0.25, 0.3) is 0 Å². The van der Waals surface area contributed by atoms with Crippen molar-refractivity contribution >= 4 is 11.9 Å². The van der Waals surface area contributed by atoms with Gasteiger partial charge in [-0.2, -0.15) is 0 Å². The van der Waals surface area contributed by atoms with E-state index in [0.29, 0.717) is 44.3 Å². The number of carbonyl (C=O) groups excluding carboxylic acids is 1. The third kappa shape index (κ3) is 10.4. The van der Waals surface area contributed by atoms with Gasteiger partial charge in [-0.3, -0.25) is 4.90 Å². The second-order valence-electron chi connectivity index (χ2n) is 11.5. The van der Waals surface area contributed by atoms with Crippen LogP contribution < -0.4 is 14.4 Å². The van der Waals surface area contributed by atoms with E-state index in [4.69, 9.17) is 28.3 Å². The summed E-state index contributed by atoms with van der Waals surface area (Å²) in [4.78, 5) is 22.1. The Morgan fingerprint density at radius 1 is 1.00 bits per heavy atom. The van der Waals surface area contributed by atoms with Crippen LogP contribution in [0, 0.1) is 0 Å². The zero-order chi connectivity index (χ0) is 32.6. The molecule has 0 radical (unpaired) electrons. The summed E-state index contributed by atoms with van der Waals surface area (Å²) in [6, 6.07) is 16.4. The number of carbonyl (C=O) groups is 1. The van der Waals surface area contributed by atoms with Crippen LogP contribution >= 0.6 is 0 Å². The standard InChI is InChI=1S/C37H51N3O6/c1-5-7-8-12-16-32(36-38-31(27-29-14-10-9-11-15-29)37(46-36)40-23-25-44-26-24-40)39(21-13-17-35(41)45-6-2)22-20-30-18-19-33(42-3)34(28-30)43-4/h9-11,13-15,17-19,28,32H,5-8,12,16,20-27H2,1-4H3/b17-13+. The quantitative estimate of drug-likeness (QED) is 0.0804. The van der Waals surface area contributed by atoms with Crippen LogP contribution in [-0.2, 0) is 27.1 Å². The largest absolute Gasteiger partial charge is 0.493 e. The molecule has 1 fully saturated rings. The normalized spacial score (nSPS) is 14.2. The molecule has 3 aromatic rings. The molecule has 2 aromatic carbocycles. The molecule has 46 heavy (non-hydrogen) atoms. The fourth-order valence-corrected chi connectivity index (χ4v) is 5.81. The molecule has 1 saturated heterocycles. The second kappa shape index (κ2) is 19.0. The molecule has 0 spiro atoms. The molecule has 1 atom stereocenters. The number of methoxy groups -OCH3 is 2. The summed E-state index contributed by atoms with van der Waals surface area (Å²) >= 11 is 0. The summed E-state index contributed by atoms with van der Waals surface area (Å²) in [6.45, 7) is 8.52. The maximum atomic E-state index is 12.2. The zero-order valence-corrected chi connectivity index (χ0v) is 28.0. The fourth-order valence-electron chi connectivity index (χ4n) is 5.81. The average molecular weight is 634 g/mol. The van der Waals surface area contributed by atoms with Gasteiger partial charge in [-0.15, -0.1) is 0 Å². The molecule has 0 amide bonds. The molecule has 0 saturated carbocycles. The minimum Gasteiger partial charge on any atom is -0.493 e. The first-order valence-corrected chi connectivity index (χ1v) is 16.7. The number of anilines is 1. The Labute approximate surface area is 274 Å². The lowest BCUT2D eigenvalue weighted by atomic mass is 10.0. The Hall–Kier alpha value is -3.82. The number of ether oxygens (including phenoxy) is 4. The van der Waals surface area contributed by atoms with Crippen molar-refractivity contribution in [1.29, 1.82) is 0 Å². The highest BCUT2D eigenvalue weighted by Crippen LogP contribution is 2.34. The molecule has 1 aliphatic rings. The maximum absolute atomic E-state index is 12.2. The predicted molar refractivity (Wildman–Crippen MR) is 181 cm³/mol. The smallest absolute Gasteiger partial charge is 0.330 e. The van der Waals surface area contributed by atoms with Crippen molar-refractivity contribution in [3.05, 3.63) is 83.4 Å². The molecule has 9 heteroatoms. The van der Waals surface area contributed by atoms with Crippen LogP contribution in [0.15, 0.2) is 65.1 Å². The molecular weight excluding hydrogens is 582 g/mol. The van der Waals surface area contributed by atoms with E-state index >= 15 is 0 Å². The van der Waals surface area contributed by atoms with Crippen molar-refractivity contribution in [3.8, 4) is 11.5 Å². The number of nitrogens with zero attached hydrogens (tertiary/aromatic N) is 3. The van der Waals surface area contributed by atoms with Gasteiger partial charge in [0.05, 0.1) is 40.1 Å². The van der Waals surface area contributed by atoms with E-state index in [1.165, 1.54) is 18.1 Å². The minimum atomic E-state index is -0.335. The zero-order valence-electron chi connectivity index (χ0n) is 28.0. The van der Waals surface area contributed by atoms with Crippen molar-refractivity contribution in [2.45, 2.75) is 64.8 Å².